The predicted molar refractivity (Wildman–Crippen MR) is 189 cm³/mol. The molecule has 0 aliphatic carbocycles. The number of benzene rings is 3. The maximum atomic E-state index is 11.4. The highest BCUT2D eigenvalue weighted by Gasteiger charge is 2.22. The van der Waals surface area contributed by atoms with Crippen molar-refractivity contribution in [1.29, 1.82) is 0 Å². The highest BCUT2D eigenvalue weighted by Crippen LogP contribution is 2.45. The van der Waals surface area contributed by atoms with Gasteiger partial charge in [-0.25, -0.2) is 8.42 Å². The molecular weight excluding hydrogens is 596 g/mol. The molecule has 42 heavy (non-hydrogen) atoms. The van der Waals surface area contributed by atoms with Crippen LogP contribution in [0.3, 0.4) is 0 Å². The zero-order valence-electron chi connectivity index (χ0n) is 28.4. The molecule has 0 saturated carbocycles. The van der Waals surface area contributed by atoms with Gasteiger partial charge in [-0.15, -0.1) is 0 Å². The van der Waals surface area contributed by atoms with Crippen molar-refractivity contribution < 1.29 is 8.42 Å². The summed E-state index contributed by atoms with van der Waals surface area (Å²) in [6.45, 7) is 32.5. The fourth-order valence-electron chi connectivity index (χ4n) is 4.88. The normalized spacial score (nSPS) is 12.7. The summed E-state index contributed by atoms with van der Waals surface area (Å²) in [7, 11) is 5.56. The standard InChI is InChI=1S/C24H34S2.C12H17ClO2S/c1-15-11-19(23(5,6)7)12-16(2)21(15)25-26-22-17(3)13-20(14-18(22)4)24(8,9)10;1-8-6-10(12(3,4)5)7-9(2)11(8)16(13,14)15/h11-14H,1-10H3;6-7H,1-5H3. The Morgan fingerprint density at radius 1 is 0.476 bits per heavy atom. The van der Waals surface area contributed by atoms with E-state index < -0.39 is 9.05 Å². The van der Waals surface area contributed by atoms with Gasteiger partial charge in [0.2, 0.25) is 0 Å². The van der Waals surface area contributed by atoms with E-state index in [4.69, 9.17) is 10.7 Å². The minimum Gasteiger partial charge on any atom is -0.207 e. The first kappa shape index (κ1) is 36.8. The largest absolute Gasteiger partial charge is 0.261 e. The van der Waals surface area contributed by atoms with Gasteiger partial charge in [0.15, 0.2) is 0 Å². The molecule has 0 unspecified atom stereocenters. The third kappa shape index (κ3) is 9.55. The maximum Gasteiger partial charge on any atom is 0.261 e. The van der Waals surface area contributed by atoms with Gasteiger partial charge in [-0.3, -0.25) is 0 Å². The molecule has 0 bridgehead atoms. The molecule has 0 saturated heterocycles. The Balaban J connectivity index is 0.000000330. The predicted octanol–water partition coefficient (Wildman–Crippen LogP) is 11.8. The summed E-state index contributed by atoms with van der Waals surface area (Å²) >= 11 is 0. The van der Waals surface area contributed by atoms with Crippen molar-refractivity contribution in [3.8, 4) is 0 Å². The lowest BCUT2D eigenvalue weighted by Crippen LogP contribution is -2.13. The number of rotatable bonds is 4. The number of aryl methyl sites for hydroxylation is 6. The van der Waals surface area contributed by atoms with Gasteiger partial charge in [-0.2, -0.15) is 0 Å². The van der Waals surface area contributed by atoms with E-state index in [1.54, 1.807) is 13.8 Å². The highest BCUT2D eigenvalue weighted by atomic mass is 35.7. The van der Waals surface area contributed by atoms with Gasteiger partial charge in [0.05, 0.1) is 4.90 Å². The molecule has 6 heteroatoms. The van der Waals surface area contributed by atoms with Gasteiger partial charge in [0.25, 0.3) is 9.05 Å². The van der Waals surface area contributed by atoms with E-state index >= 15 is 0 Å². The molecule has 0 aliphatic rings. The minimum absolute atomic E-state index is 0.00409. The molecule has 3 aromatic rings. The van der Waals surface area contributed by atoms with Crippen LogP contribution in [0.25, 0.3) is 0 Å². The first-order chi connectivity index (χ1) is 18.8. The third-order valence-electron chi connectivity index (χ3n) is 7.43. The quantitative estimate of drug-likeness (QED) is 0.209. The van der Waals surface area contributed by atoms with Crippen LogP contribution in [0.15, 0.2) is 51.1 Å². The van der Waals surface area contributed by atoms with E-state index in [2.05, 4.69) is 114 Å². The van der Waals surface area contributed by atoms with Gasteiger partial charge in [-0.1, -0.05) is 120 Å². The van der Waals surface area contributed by atoms with Crippen LogP contribution in [0.5, 0.6) is 0 Å². The van der Waals surface area contributed by atoms with Gasteiger partial charge in [0, 0.05) is 20.5 Å². The molecule has 3 rings (SSSR count). The molecule has 0 atom stereocenters. The van der Waals surface area contributed by atoms with Crippen LogP contribution in [0.2, 0.25) is 0 Å². The van der Waals surface area contributed by atoms with E-state index in [1.807, 2.05) is 33.7 Å². The van der Waals surface area contributed by atoms with E-state index in [0.29, 0.717) is 11.1 Å². The highest BCUT2D eigenvalue weighted by molar-refractivity contribution is 8.76. The summed E-state index contributed by atoms with van der Waals surface area (Å²) in [6, 6.07) is 13.2. The van der Waals surface area contributed by atoms with Crippen LogP contribution in [0.4, 0.5) is 0 Å². The SMILES string of the molecule is Cc1cc(C(C)(C)C)cc(C)c1S(=O)(=O)Cl.Cc1cc(C(C)(C)C)cc(C)c1SSc1c(C)cc(C(C)(C)C)cc1C. The number of halogens is 1. The Kier molecular flexibility index (Phi) is 11.7. The Labute approximate surface area is 269 Å². The van der Waals surface area contributed by atoms with Gasteiger partial charge >= 0.3 is 0 Å². The molecule has 0 aromatic heterocycles. The van der Waals surface area contributed by atoms with Crippen LogP contribution < -0.4 is 0 Å². The van der Waals surface area contributed by atoms with Crippen molar-refractivity contribution in [2.24, 2.45) is 0 Å². The second-order valence-electron chi connectivity index (χ2n) is 14.7. The van der Waals surface area contributed by atoms with Crippen LogP contribution in [0.1, 0.15) is 112 Å². The molecule has 0 N–H and O–H groups in total. The van der Waals surface area contributed by atoms with Gasteiger partial charge < -0.3 is 0 Å². The molecule has 0 fully saturated rings. The van der Waals surface area contributed by atoms with Crippen LogP contribution in [-0.2, 0) is 25.3 Å². The summed E-state index contributed by atoms with van der Waals surface area (Å²) in [5.41, 5.74) is 11.3. The van der Waals surface area contributed by atoms with Crippen molar-refractivity contribution in [3.05, 3.63) is 86.5 Å². The van der Waals surface area contributed by atoms with Crippen LogP contribution >= 0.6 is 32.3 Å². The Morgan fingerprint density at radius 2 is 0.690 bits per heavy atom. The molecule has 3 aromatic carbocycles. The van der Waals surface area contributed by atoms with Crippen molar-refractivity contribution in [1.82, 2.24) is 0 Å². The molecule has 232 valence electrons. The van der Waals surface area contributed by atoms with Gasteiger partial charge in [-0.05, 0) is 108 Å². The van der Waals surface area contributed by atoms with Crippen LogP contribution in [-0.4, -0.2) is 8.42 Å². The summed E-state index contributed by atoms with van der Waals surface area (Å²) in [4.78, 5) is 3.05. The van der Waals surface area contributed by atoms with E-state index in [9.17, 15) is 8.42 Å². The summed E-state index contributed by atoms with van der Waals surface area (Å²) < 4.78 is 22.8. The second-order valence-corrected chi connectivity index (χ2v) is 19.3. The third-order valence-corrected chi connectivity index (χ3v) is 12.0. The first-order valence-corrected chi connectivity index (χ1v) is 18.9. The van der Waals surface area contributed by atoms with Crippen molar-refractivity contribution in [2.75, 3.05) is 0 Å². The lowest BCUT2D eigenvalue weighted by atomic mass is 9.85. The first-order valence-electron chi connectivity index (χ1n) is 14.5. The van der Waals surface area contributed by atoms with Crippen molar-refractivity contribution in [2.45, 2.75) is 135 Å². The fourth-order valence-corrected chi connectivity index (χ4v) is 9.50. The zero-order chi connectivity index (χ0) is 32.6. The molecule has 2 nitrogen and oxygen atoms in total. The second kappa shape index (κ2) is 13.3. The monoisotopic (exact) mass is 646 g/mol. The summed E-state index contributed by atoms with van der Waals surface area (Å²) in [6.07, 6.45) is 0. The lowest BCUT2D eigenvalue weighted by molar-refractivity contribution is 0.586. The Bertz CT molecular complexity index is 1410. The minimum atomic E-state index is -3.65. The average molecular weight is 647 g/mol. The molecule has 0 amide bonds. The Hall–Kier alpha value is -1.40. The molecule has 0 heterocycles. The molecule has 0 radical (unpaired) electrons. The van der Waals surface area contributed by atoms with Gasteiger partial charge in [0.1, 0.15) is 0 Å². The lowest BCUT2D eigenvalue weighted by Gasteiger charge is -2.23. The summed E-state index contributed by atoms with van der Waals surface area (Å²) in [5, 5.41) is 0. The average Bonchev–Trinajstić information content (AvgIpc) is 2.77. The van der Waals surface area contributed by atoms with Crippen molar-refractivity contribution in [3.63, 3.8) is 0 Å². The smallest absolute Gasteiger partial charge is 0.207 e. The molecule has 0 spiro atoms. The van der Waals surface area contributed by atoms with E-state index in [1.165, 1.54) is 43.2 Å². The zero-order valence-corrected chi connectivity index (χ0v) is 31.6. The number of hydrogen-bond acceptors (Lipinski definition) is 4. The van der Waals surface area contributed by atoms with E-state index in [0.717, 1.165) is 5.56 Å². The van der Waals surface area contributed by atoms with E-state index in [-0.39, 0.29) is 21.1 Å². The summed E-state index contributed by atoms with van der Waals surface area (Å²) in [5.74, 6) is 0. The topological polar surface area (TPSA) is 34.1 Å². The number of hydrogen-bond donors (Lipinski definition) is 0. The fraction of sp³-hybridized carbons (Fsp3) is 0.500. The molecule has 0 aliphatic heterocycles. The maximum absolute atomic E-state index is 11.4. The molecular formula is C36H51ClO2S3. The van der Waals surface area contributed by atoms with Crippen molar-refractivity contribution >= 4 is 41.3 Å². The van der Waals surface area contributed by atoms with Crippen LogP contribution in [0, 0.1) is 41.5 Å². The Morgan fingerprint density at radius 3 is 0.881 bits per heavy atom.